The highest BCUT2D eigenvalue weighted by Crippen LogP contribution is 2.17. The second kappa shape index (κ2) is 5.77. The predicted molar refractivity (Wildman–Crippen MR) is 78.2 cm³/mol. The third-order valence-electron chi connectivity index (χ3n) is 3.38. The van der Waals surface area contributed by atoms with Crippen LogP contribution in [0, 0.1) is 13.8 Å². The van der Waals surface area contributed by atoms with E-state index < -0.39 is 6.09 Å². The molecule has 1 aromatic carbocycles. The number of carbonyl (C=O) groups is 1. The van der Waals surface area contributed by atoms with Crippen LogP contribution in [0.25, 0.3) is 10.9 Å². The zero-order valence-corrected chi connectivity index (χ0v) is 11.9. The number of benzene rings is 1. The number of alkyl carbamates (subject to hydrolysis) is 1. The zero-order valence-electron chi connectivity index (χ0n) is 11.9. The molecule has 2 rings (SSSR count). The van der Waals surface area contributed by atoms with Gasteiger partial charge in [-0.1, -0.05) is 0 Å². The van der Waals surface area contributed by atoms with Crippen LogP contribution in [0.4, 0.5) is 4.79 Å². The van der Waals surface area contributed by atoms with Gasteiger partial charge in [-0.15, -0.1) is 0 Å². The molecule has 0 aliphatic carbocycles. The number of aromatic nitrogens is 1. The van der Waals surface area contributed by atoms with Crippen molar-refractivity contribution in [2.45, 2.75) is 20.3 Å². The van der Waals surface area contributed by atoms with E-state index >= 15 is 0 Å². The molecule has 0 radical (unpaired) electrons. The molecule has 1 aromatic heterocycles. The number of aromatic amines is 1. The molecule has 0 unspecified atom stereocenters. The van der Waals surface area contributed by atoms with Gasteiger partial charge >= 0.3 is 6.09 Å². The number of fused-ring (bicyclic) bond motifs is 1. The lowest BCUT2D eigenvalue weighted by Crippen LogP contribution is -2.27. The second-order valence-electron chi connectivity index (χ2n) is 4.82. The number of rotatable bonds is 3. The number of hydrogen-bond acceptors (Lipinski definition) is 3. The molecule has 1 amide bonds. The van der Waals surface area contributed by atoms with Crippen LogP contribution < -0.4 is 10.9 Å². The molecule has 0 spiro atoms. The summed E-state index contributed by atoms with van der Waals surface area (Å²) in [5, 5.41) is 3.56. The minimum absolute atomic E-state index is 0.118. The summed E-state index contributed by atoms with van der Waals surface area (Å²) in [7, 11) is 1.31. The summed E-state index contributed by atoms with van der Waals surface area (Å²) in [5.41, 5.74) is 3.70. The van der Waals surface area contributed by atoms with Gasteiger partial charge < -0.3 is 15.0 Å². The maximum atomic E-state index is 12.0. The Morgan fingerprint density at radius 1 is 1.25 bits per heavy atom. The number of nitrogens with one attached hydrogen (secondary N) is 2. The minimum Gasteiger partial charge on any atom is -0.453 e. The molecule has 106 valence electrons. The van der Waals surface area contributed by atoms with Crippen molar-refractivity contribution in [3.05, 3.63) is 45.2 Å². The van der Waals surface area contributed by atoms with E-state index in [9.17, 15) is 9.59 Å². The Kier molecular flexibility index (Phi) is 4.08. The van der Waals surface area contributed by atoms with E-state index in [1.807, 2.05) is 26.0 Å². The summed E-state index contributed by atoms with van der Waals surface area (Å²) in [5.74, 6) is 0. The Hall–Kier alpha value is -2.30. The van der Waals surface area contributed by atoms with E-state index in [0.717, 1.165) is 16.5 Å². The number of pyridine rings is 1. The van der Waals surface area contributed by atoms with Crippen LogP contribution in [0.2, 0.25) is 0 Å². The lowest BCUT2D eigenvalue weighted by atomic mass is 10.0. The van der Waals surface area contributed by atoms with Gasteiger partial charge in [0.25, 0.3) is 5.56 Å². The quantitative estimate of drug-likeness (QED) is 0.899. The van der Waals surface area contributed by atoms with Crippen LogP contribution in [0.5, 0.6) is 0 Å². The Bertz CT molecular complexity index is 704. The minimum atomic E-state index is -0.492. The van der Waals surface area contributed by atoms with Crippen molar-refractivity contribution in [1.29, 1.82) is 0 Å². The highest BCUT2D eigenvalue weighted by atomic mass is 16.5. The first-order chi connectivity index (χ1) is 9.51. The third kappa shape index (κ3) is 2.99. The molecule has 0 aliphatic rings. The van der Waals surface area contributed by atoms with Crippen LogP contribution in [0.15, 0.2) is 23.0 Å². The molecular weight excluding hydrogens is 256 g/mol. The molecule has 2 aromatic rings. The Labute approximate surface area is 117 Å². The van der Waals surface area contributed by atoms with Crippen molar-refractivity contribution in [1.82, 2.24) is 10.3 Å². The SMILES string of the molecule is COC(=O)NCCc1cc2cc(C)c(C)cc2[nH]c1=O. The monoisotopic (exact) mass is 274 g/mol. The molecule has 0 atom stereocenters. The smallest absolute Gasteiger partial charge is 0.406 e. The number of aryl methyl sites for hydroxylation is 2. The van der Waals surface area contributed by atoms with Crippen LogP contribution in [-0.4, -0.2) is 24.7 Å². The van der Waals surface area contributed by atoms with Gasteiger partial charge in [0.2, 0.25) is 0 Å². The van der Waals surface area contributed by atoms with E-state index in [1.165, 1.54) is 12.7 Å². The first-order valence-corrected chi connectivity index (χ1v) is 6.46. The molecular formula is C15H18N2O3. The van der Waals surface area contributed by atoms with E-state index in [0.29, 0.717) is 18.5 Å². The average molecular weight is 274 g/mol. The normalized spacial score (nSPS) is 10.6. The van der Waals surface area contributed by atoms with Crippen LogP contribution in [0.3, 0.4) is 0 Å². The summed E-state index contributed by atoms with van der Waals surface area (Å²) in [4.78, 5) is 25.8. The number of carbonyl (C=O) groups excluding carboxylic acids is 1. The molecule has 0 fully saturated rings. The number of hydrogen-bond donors (Lipinski definition) is 2. The molecule has 0 bridgehead atoms. The van der Waals surface area contributed by atoms with Crippen molar-refractivity contribution in [3.63, 3.8) is 0 Å². The van der Waals surface area contributed by atoms with Gasteiger partial charge in [0.1, 0.15) is 0 Å². The van der Waals surface area contributed by atoms with Crippen molar-refractivity contribution >= 4 is 17.0 Å². The topological polar surface area (TPSA) is 71.2 Å². The lowest BCUT2D eigenvalue weighted by Gasteiger charge is -2.07. The van der Waals surface area contributed by atoms with Gasteiger partial charge in [0.05, 0.1) is 7.11 Å². The average Bonchev–Trinajstić information content (AvgIpc) is 2.41. The first-order valence-electron chi connectivity index (χ1n) is 6.46. The Morgan fingerprint density at radius 3 is 2.65 bits per heavy atom. The largest absolute Gasteiger partial charge is 0.453 e. The second-order valence-corrected chi connectivity index (χ2v) is 4.82. The predicted octanol–water partition coefficient (Wildman–Crippen LogP) is 2.04. The third-order valence-corrected chi connectivity index (χ3v) is 3.38. The summed E-state index contributed by atoms with van der Waals surface area (Å²) < 4.78 is 4.48. The Balaban J connectivity index is 2.26. The van der Waals surface area contributed by atoms with Gasteiger partial charge in [0.15, 0.2) is 0 Å². The number of ether oxygens (including phenoxy) is 1. The maximum absolute atomic E-state index is 12.0. The van der Waals surface area contributed by atoms with Crippen LogP contribution in [-0.2, 0) is 11.2 Å². The fourth-order valence-corrected chi connectivity index (χ4v) is 2.08. The van der Waals surface area contributed by atoms with Gasteiger partial charge in [-0.3, -0.25) is 4.79 Å². The van der Waals surface area contributed by atoms with E-state index in [2.05, 4.69) is 21.1 Å². The molecule has 5 nitrogen and oxygen atoms in total. The number of H-pyrrole nitrogens is 1. The highest BCUT2D eigenvalue weighted by molar-refractivity contribution is 5.80. The molecule has 5 heteroatoms. The molecule has 0 saturated heterocycles. The van der Waals surface area contributed by atoms with Crippen LogP contribution >= 0.6 is 0 Å². The summed E-state index contributed by atoms with van der Waals surface area (Å²) in [6.45, 7) is 4.42. The number of amides is 1. The fraction of sp³-hybridized carbons (Fsp3) is 0.333. The summed E-state index contributed by atoms with van der Waals surface area (Å²) in [6, 6.07) is 5.90. The fourth-order valence-electron chi connectivity index (χ4n) is 2.08. The van der Waals surface area contributed by atoms with E-state index in [4.69, 9.17) is 0 Å². The summed E-state index contributed by atoms with van der Waals surface area (Å²) in [6.07, 6.45) is -0.0264. The van der Waals surface area contributed by atoms with Gasteiger partial charge in [0, 0.05) is 17.6 Å². The zero-order chi connectivity index (χ0) is 14.7. The van der Waals surface area contributed by atoms with Gasteiger partial charge in [-0.05, 0) is 55.0 Å². The lowest BCUT2D eigenvalue weighted by molar-refractivity contribution is 0.171. The number of methoxy groups -OCH3 is 1. The molecule has 1 heterocycles. The van der Waals surface area contributed by atoms with Gasteiger partial charge in [-0.2, -0.15) is 0 Å². The van der Waals surface area contributed by atoms with E-state index in [-0.39, 0.29) is 5.56 Å². The highest BCUT2D eigenvalue weighted by Gasteiger charge is 2.06. The molecule has 0 aliphatic heterocycles. The van der Waals surface area contributed by atoms with Crippen molar-refractivity contribution < 1.29 is 9.53 Å². The van der Waals surface area contributed by atoms with Gasteiger partial charge in [-0.25, -0.2) is 4.79 Å². The summed E-state index contributed by atoms with van der Waals surface area (Å²) >= 11 is 0. The molecule has 0 saturated carbocycles. The Morgan fingerprint density at radius 2 is 1.95 bits per heavy atom. The van der Waals surface area contributed by atoms with E-state index in [1.54, 1.807) is 0 Å². The first kappa shape index (κ1) is 14.1. The van der Waals surface area contributed by atoms with Crippen molar-refractivity contribution in [2.75, 3.05) is 13.7 Å². The maximum Gasteiger partial charge on any atom is 0.406 e. The molecule has 2 N–H and O–H groups in total. The molecule has 20 heavy (non-hydrogen) atoms. The standard InChI is InChI=1S/C15H18N2O3/c1-9-6-12-8-11(4-5-16-15(19)20-3)14(18)17-13(12)7-10(9)2/h6-8H,4-5H2,1-3H3,(H,16,19)(H,17,18). The van der Waals surface area contributed by atoms with Crippen LogP contribution in [0.1, 0.15) is 16.7 Å². The van der Waals surface area contributed by atoms with Crippen molar-refractivity contribution in [3.8, 4) is 0 Å². The van der Waals surface area contributed by atoms with Crippen molar-refractivity contribution in [2.24, 2.45) is 0 Å².